The molecule has 3 aromatic heterocycles. The van der Waals surface area contributed by atoms with Gasteiger partial charge in [-0.1, -0.05) is 127 Å². The fraction of sp³-hybridized carbons (Fsp3) is 0.0370. The van der Waals surface area contributed by atoms with E-state index < -0.39 is 0 Å². The number of hydrogen-bond acceptors (Lipinski definition) is 0. The van der Waals surface area contributed by atoms with Crippen LogP contribution in [0.1, 0.15) is 12.8 Å². The van der Waals surface area contributed by atoms with Crippen LogP contribution in [-0.4, -0.2) is 13.7 Å². The fourth-order valence-electron chi connectivity index (χ4n) is 9.52. The maximum absolute atomic E-state index is 2.48. The summed E-state index contributed by atoms with van der Waals surface area (Å²) in [6.07, 6.45) is 6.96. The maximum atomic E-state index is 2.48. The fourth-order valence-corrected chi connectivity index (χ4v) is 9.52. The Bertz CT molecular complexity index is 3400. The monoisotopic (exact) mass is 727 g/mol. The lowest BCUT2D eigenvalue weighted by Gasteiger charge is -2.15. The van der Waals surface area contributed by atoms with Crippen LogP contribution in [0, 0.1) is 0 Å². The van der Waals surface area contributed by atoms with Crippen LogP contribution in [0.5, 0.6) is 0 Å². The van der Waals surface area contributed by atoms with Gasteiger partial charge in [-0.2, -0.15) is 0 Å². The highest BCUT2D eigenvalue weighted by Crippen LogP contribution is 2.39. The maximum Gasteiger partial charge on any atom is 0.0542 e. The van der Waals surface area contributed by atoms with Crippen molar-refractivity contribution < 1.29 is 0 Å². The second kappa shape index (κ2) is 12.6. The first-order valence-electron chi connectivity index (χ1n) is 19.9. The molecule has 0 fully saturated rings. The minimum atomic E-state index is 1.05. The van der Waals surface area contributed by atoms with Gasteiger partial charge >= 0.3 is 0 Å². The SMILES string of the molecule is C1=c2c(n(-c3ccc4c(c3)c3cc(-n5c6ccccc6c6ccccc65)ccc3n4-c3cc(-c4ccccc4)cc(-c4ccccc4)c3)c3ccccc23)=CCC1. The van der Waals surface area contributed by atoms with Crippen LogP contribution in [0.2, 0.25) is 0 Å². The number of hydrogen-bond donors (Lipinski definition) is 0. The Labute approximate surface area is 329 Å². The van der Waals surface area contributed by atoms with Crippen molar-refractivity contribution in [3.8, 4) is 39.3 Å². The van der Waals surface area contributed by atoms with E-state index in [0.29, 0.717) is 0 Å². The minimum absolute atomic E-state index is 1.05. The van der Waals surface area contributed by atoms with Gasteiger partial charge in [-0.05, 0) is 108 Å². The summed E-state index contributed by atoms with van der Waals surface area (Å²) in [5.74, 6) is 0. The van der Waals surface area contributed by atoms with E-state index in [2.05, 4.69) is 214 Å². The van der Waals surface area contributed by atoms with Crippen molar-refractivity contribution in [3.05, 3.63) is 199 Å². The molecule has 0 N–H and O–H groups in total. The molecule has 8 aromatic carbocycles. The largest absolute Gasteiger partial charge is 0.310 e. The van der Waals surface area contributed by atoms with Gasteiger partial charge in [0.1, 0.15) is 0 Å². The molecule has 0 aliphatic heterocycles. The van der Waals surface area contributed by atoms with E-state index in [1.54, 1.807) is 0 Å². The summed E-state index contributed by atoms with van der Waals surface area (Å²) in [5, 5.41) is 8.92. The highest BCUT2D eigenvalue weighted by Gasteiger charge is 2.19. The highest BCUT2D eigenvalue weighted by atomic mass is 15.0. The number of para-hydroxylation sites is 3. The number of fused-ring (bicyclic) bond motifs is 9. The summed E-state index contributed by atoms with van der Waals surface area (Å²) >= 11 is 0. The van der Waals surface area contributed by atoms with E-state index in [4.69, 9.17) is 0 Å². The molecule has 57 heavy (non-hydrogen) atoms. The van der Waals surface area contributed by atoms with E-state index in [9.17, 15) is 0 Å². The van der Waals surface area contributed by atoms with Crippen LogP contribution in [0.3, 0.4) is 0 Å². The standard InChI is InChI=1S/C54H37N3/c1-3-15-36(16-4-1)38-31-39(37-17-5-2-6-18-37)33-42(32-38)57-53-29-27-40(55-49-23-11-7-19-43(49)44-20-8-12-24-50(44)55)34-47(53)48-35-41(28-30-54(48)57)56-51-25-13-9-21-45(51)46-22-10-14-26-52(46)56/h1-9,11-13,15-35H,10,14H2. The van der Waals surface area contributed by atoms with Crippen molar-refractivity contribution in [2.45, 2.75) is 12.8 Å². The van der Waals surface area contributed by atoms with Gasteiger partial charge in [-0.25, -0.2) is 0 Å². The van der Waals surface area contributed by atoms with Gasteiger partial charge in [0.2, 0.25) is 0 Å². The van der Waals surface area contributed by atoms with Gasteiger partial charge in [0, 0.05) is 54.6 Å². The van der Waals surface area contributed by atoms with Crippen LogP contribution < -0.4 is 10.6 Å². The molecule has 268 valence electrons. The molecule has 0 bridgehead atoms. The molecular weight excluding hydrogens is 691 g/mol. The first-order valence-corrected chi connectivity index (χ1v) is 19.9. The van der Waals surface area contributed by atoms with Crippen LogP contribution >= 0.6 is 0 Å². The summed E-state index contributed by atoms with van der Waals surface area (Å²) in [5.41, 5.74) is 14.3. The quantitative estimate of drug-likeness (QED) is 0.168. The second-order valence-electron chi connectivity index (χ2n) is 15.2. The highest BCUT2D eigenvalue weighted by molar-refractivity contribution is 6.13. The first-order chi connectivity index (χ1) is 28.3. The van der Waals surface area contributed by atoms with Crippen LogP contribution in [0.4, 0.5) is 0 Å². The van der Waals surface area contributed by atoms with Crippen molar-refractivity contribution in [1.29, 1.82) is 0 Å². The second-order valence-corrected chi connectivity index (χ2v) is 15.2. The Hall–Kier alpha value is -7.36. The van der Waals surface area contributed by atoms with Crippen LogP contribution in [-0.2, 0) is 0 Å². The predicted octanol–water partition coefficient (Wildman–Crippen LogP) is 12.5. The zero-order valence-corrected chi connectivity index (χ0v) is 31.3. The molecule has 12 rings (SSSR count). The van der Waals surface area contributed by atoms with Gasteiger partial charge in [-0.3, -0.25) is 0 Å². The Morgan fingerprint density at radius 2 is 0.719 bits per heavy atom. The van der Waals surface area contributed by atoms with Gasteiger partial charge in [0.05, 0.1) is 27.6 Å². The number of aromatic nitrogens is 3. The Balaban J connectivity index is 1.18. The van der Waals surface area contributed by atoms with Gasteiger partial charge in [0.15, 0.2) is 0 Å². The molecule has 1 aliphatic rings. The first kappa shape index (κ1) is 31.9. The van der Waals surface area contributed by atoms with Crippen molar-refractivity contribution in [3.63, 3.8) is 0 Å². The van der Waals surface area contributed by atoms with Crippen LogP contribution in [0.25, 0.3) is 106 Å². The lowest BCUT2D eigenvalue weighted by atomic mass is 9.98. The lowest BCUT2D eigenvalue weighted by molar-refractivity contribution is 1.03. The predicted molar refractivity (Wildman–Crippen MR) is 240 cm³/mol. The van der Waals surface area contributed by atoms with Gasteiger partial charge < -0.3 is 13.7 Å². The molecule has 0 spiro atoms. The normalized spacial score (nSPS) is 12.7. The molecule has 0 amide bonds. The average Bonchev–Trinajstić information content (AvgIpc) is 3.92. The number of rotatable bonds is 5. The molecule has 0 saturated heterocycles. The molecule has 0 atom stereocenters. The molecule has 3 heteroatoms. The Morgan fingerprint density at radius 1 is 0.281 bits per heavy atom. The number of nitrogens with zero attached hydrogens (tertiary/aromatic N) is 3. The zero-order chi connectivity index (χ0) is 37.5. The van der Waals surface area contributed by atoms with Crippen molar-refractivity contribution in [2.75, 3.05) is 0 Å². The Kier molecular flexibility index (Phi) is 7.05. The molecule has 11 aromatic rings. The minimum Gasteiger partial charge on any atom is -0.310 e. The summed E-state index contributed by atoms with van der Waals surface area (Å²) < 4.78 is 7.39. The van der Waals surface area contributed by atoms with E-state index in [1.165, 1.54) is 93.0 Å². The van der Waals surface area contributed by atoms with E-state index in [-0.39, 0.29) is 0 Å². The average molecular weight is 728 g/mol. The lowest BCUT2D eigenvalue weighted by Crippen LogP contribution is -2.30. The summed E-state index contributed by atoms with van der Waals surface area (Å²) in [4.78, 5) is 0. The molecule has 0 saturated carbocycles. The third-order valence-corrected chi connectivity index (χ3v) is 12.0. The molecule has 3 nitrogen and oxygen atoms in total. The molecule has 0 radical (unpaired) electrons. The molecular formula is C54H37N3. The molecule has 0 unspecified atom stereocenters. The van der Waals surface area contributed by atoms with E-state index >= 15 is 0 Å². The topological polar surface area (TPSA) is 14.8 Å². The van der Waals surface area contributed by atoms with Crippen molar-refractivity contribution in [2.24, 2.45) is 0 Å². The van der Waals surface area contributed by atoms with Crippen molar-refractivity contribution in [1.82, 2.24) is 13.7 Å². The van der Waals surface area contributed by atoms with Gasteiger partial charge in [0.25, 0.3) is 0 Å². The molecule has 3 heterocycles. The third-order valence-electron chi connectivity index (χ3n) is 12.0. The summed E-state index contributed by atoms with van der Waals surface area (Å²) in [6, 6.07) is 69.1. The number of benzene rings is 8. The zero-order valence-electron chi connectivity index (χ0n) is 31.3. The van der Waals surface area contributed by atoms with E-state index in [1.807, 2.05) is 0 Å². The third kappa shape index (κ3) is 4.92. The van der Waals surface area contributed by atoms with Crippen molar-refractivity contribution >= 4 is 66.7 Å². The molecule has 1 aliphatic carbocycles. The van der Waals surface area contributed by atoms with Gasteiger partial charge in [-0.15, -0.1) is 0 Å². The Morgan fingerprint density at radius 3 is 1.30 bits per heavy atom. The van der Waals surface area contributed by atoms with E-state index in [0.717, 1.165) is 24.2 Å². The van der Waals surface area contributed by atoms with Crippen LogP contribution in [0.15, 0.2) is 188 Å². The summed E-state index contributed by atoms with van der Waals surface area (Å²) in [7, 11) is 0. The smallest absolute Gasteiger partial charge is 0.0542 e. The summed E-state index contributed by atoms with van der Waals surface area (Å²) in [6.45, 7) is 0.